The lowest BCUT2D eigenvalue weighted by atomic mass is 9.94. The lowest BCUT2D eigenvalue weighted by Gasteiger charge is -2.27. The second kappa shape index (κ2) is 11.7. The number of ketones is 1. The van der Waals surface area contributed by atoms with Crippen LogP contribution in [0.15, 0.2) is 48.0 Å². The van der Waals surface area contributed by atoms with Gasteiger partial charge in [-0.25, -0.2) is 0 Å². The molecule has 0 saturated carbocycles. The third-order valence-electron chi connectivity index (χ3n) is 6.53. The minimum Gasteiger partial charge on any atom is -0.507 e. The number of ether oxygens (including phenoxy) is 4. The topological polar surface area (TPSA) is 94.5 Å². The number of benzene rings is 3. The summed E-state index contributed by atoms with van der Waals surface area (Å²) >= 11 is 12.9. The van der Waals surface area contributed by atoms with Gasteiger partial charge < -0.3 is 24.1 Å². The van der Waals surface area contributed by atoms with E-state index in [1.165, 1.54) is 32.3 Å². The van der Waals surface area contributed by atoms with Gasteiger partial charge in [-0.05, 0) is 67.8 Å². The number of aryl methyl sites for hydroxylation is 2. The Morgan fingerprint density at radius 3 is 2.12 bits per heavy atom. The summed E-state index contributed by atoms with van der Waals surface area (Å²) < 4.78 is 21.9. The zero-order chi connectivity index (χ0) is 29.3. The average Bonchev–Trinajstić information content (AvgIpc) is 3.18. The molecule has 0 aliphatic carbocycles. The fraction of sp³-hybridized carbons (Fsp3) is 0.267. The monoisotopic (exact) mass is 585 g/mol. The van der Waals surface area contributed by atoms with E-state index >= 15 is 0 Å². The van der Waals surface area contributed by atoms with Crippen LogP contribution in [0.3, 0.4) is 0 Å². The molecule has 1 N–H and O–H groups in total. The average molecular weight is 586 g/mol. The molecule has 1 fully saturated rings. The van der Waals surface area contributed by atoms with Crippen LogP contribution >= 0.6 is 23.2 Å². The molecule has 0 aromatic heterocycles. The number of halogens is 2. The van der Waals surface area contributed by atoms with Gasteiger partial charge in [0.25, 0.3) is 11.7 Å². The maximum absolute atomic E-state index is 13.7. The van der Waals surface area contributed by atoms with E-state index < -0.39 is 23.5 Å². The van der Waals surface area contributed by atoms with Crippen LogP contribution in [0.2, 0.25) is 10.0 Å². The number of aliphatic hydroxyl groups excluding tert-OH is 1. The van der Waals surface area contributed by atoms with Crippen LogP contribution in [-0.4, -0.2) is 44.7 Å². The maximum atomic E-state index is 13.7. The van der Waals surface area contributed by atoms with E-state index in [4.69, 9.17) is 42.1 Å². The van der Waals surface area contributed by atoms with E-state index in [9.17, 15) is 14.7 Å². The molecule has 0 spiro atoms. The predicted molar refractivity (Wildman–Crippen MR) is 154 cm³/mol. The number of amides is 1. The minimum absolute atomic E-state index is 0.00205. The van der Waals surface area contributed by atoms with E-state index in [0.29, 0.717) is 29.4 Å². The molecule has 1 saturated heterocycles. The van der Waals surface area contributed by atoms with Crippen LogP contribution < -0.4 is 23.8 Å². The quantitative estimate of drug-likeness (QED) is 0.179. The van der Waals surface area contributed by atoms with Crippen molar-refractivity contribution in [2.75, 3.05) is 32.8 Å². The van der Waals surface area contributed by atoms with Crippen molar-refractivity contribution in [3.05, 3.63) is 80.3 Å². The molecule has 40 heavy (non-hydrogen) atoms. The van der Waals surface area contributed by atoms with Gasteiger partial charge in [-0.3, -0.25) is 14.5 Å². The number of anilines is 1. The molecule has 0 bridgehead atoms. The van der Waals surface area contributed by atoms with Gasteiger partial charge >= 0.3 is 0 Å². The highest BCUT2D eigenvalue weighted by Crippen LogP contribution is 2.49. The van der Waals surface area contributed by atoms with E-state index in [-0.39, 0.29) is 32.7 Å². The Labute approximate surface area is 242 Å². The fourth-order valence-corrected chi connectivity index (χ4v) is 5.61. The zero-order valence-corrected chi connectivity index (χ0v) is 24.4. The standard InChI is InChI=1S/C30H29Cl2NO7/c1-7-40-22-13-17(8-9-21(22)37-4)25-23(26(34)19-14-20(31)29(39-6)24(32)28(19)38-5)27(35)30(36)33(25)18-11-15(2)10-16(3)12-18/h8-14,25,34H,7H2,1-6H3/b26-23+. The summed E-state index contributed by atoms with van der Waals surface area (Å²) in [7, 11) is 4.26. The molecule has 1 unspecified atom stereocenters. The van der Waals surface area contributed by atoms with Crippen LogP contribution in [0.5, 0.6) is 23.0 Å². The molecule has 1 atom stereocenters. The molecule has 10 heteroatoms. The molecule has 1 heterocycles. The van der Waals surface area contributed by atoms with E-state index in [1.807, 2.05) is 26.8 Å². The molecule has 3 aromatic carbocycles. The van der Waals surface area contributed by atoms with E-state index in [1.54, 1.807) is 30.3 Å². The molecule has 3 aromatic rings. The number of carbonyl (C=O) groups is 2. The van der Waals surface area contributed by atoms with Crippen LogP contribution in [0.1, 0.15) is 35.2 Å². The highest BCUT2D eigenvalue weighted by molar-refractivity contribution is 6.52. The first-order valence-electron chi connectivity index (χ1n) is 12.4. The van der Waals surface area contributed by atoms with Crippen LogP contribution in [0, 0.1) is 13.8 Å². The van der Waals surface area contributed by atoms with Crippen molar-refractivity contribution in [3.63, 3.8) is 0 Å². The van der Waals surface area contributed by atoms with Gasteiger partial charge in [-0.15, -0.1) is 0 Å². The van der Waals surface area contributed by atoms with Crippen molar-refractivity contribution < 1.29 is 33.6 Å². The predicted octanol–water partition coefficient (Wildman–Crippen LogP) is 6.66. The number of hydrogen-bond acceptors (Lipinski definition) is 7. The van der Waals surface area contributed by atoms with Gasteiger partial charge in [0, 0.05) is 5.69 Å². The Balaban J connectivity index is 2.06. The molecular weight excluding hydrogens is 557 g/mol. The maximum Gasteiger partial charge on any atom is 0.300 e. The van der Waals surface area contributed by atoms with Gasteiger partial charge in [0.05, 0.1) is 50.1 Å². The van der Waals surface area contributed by atoms with Crippen molar-refractivity contribution >= 4 is 46.3 Å². The first-order valence-corrected chi connectivity index (χ1v) is 13.1. The Hall–Kier alpha value is -3.88. The van der Waals surface area contributed by atoms with Crippen molar-refractivity contribution in [2.24, 2.45) is 0 Å². The summed E-state index contributed by atoms with van der Waals surface area (Å²) in [5, 5.41) is 11.8. The Morgan fingerprint density at radius 1 is 0.900 bits per heavy atom. The third-order valence-corrected chi connectivity index (χ3v) is 7.15. The van der Waals surface area contributed by atoms with Gasteiger partial charge in [0.15, 0.2) is 23.0 Å². The first-order chi connectivity index (χ1) is 19.1. The molecule has 1 aliphatic heterocycles. The summed E-state index contributed by atoms with van der Waals surface area (Å²) in [6.45, 7) is 5.98. The van der Waals surface area contributed by atoms with Gasteiger partial charge in [0.2, 0.25) is 0 Å². The SMILES string of the molecule is CCOc1cc(C2/C(=C(\O)c3cc(Cl)c(OC)c(Cl)c3OC)C(=O)C(=O)N2c2cc(C)cc(C)c2)ccc1OC. The highest BCUT2D eigenvalue weighted by Gasteiger charge is 2.47. The molecule has 0 radical (unpaired) electrons. The summed E-state index contributed by atoms with van der Waals surface area (Å²) in [4.78, 5) is 28.7. The number of aliphatic hydroxyl groups is 1. The molecular formula is C30H29Cl2NO7. The lowest BCUT2D eigenvalue weighted by molar-refractivity contribution is -0.132. The largest absolute Gasteiger partial charge is 0.507 e. The number of methoxy groups -OCH3 is 3. The van der Waals surface area contributed by atoms with E-state index in [2.05, 4.69) is 0 Å². The smallest absolute Gasteiger partial charge is 0.300 e. The second-order valence-corrected chi connectivity index (χ2v) is 9.93. The number of carbonyl (C=O) groups excluding carboxylic acids is 2. The summed E-state index contributed by atoms with van der Waals surface area (Å²) in [6, 6.07) is 11.0. The normalized spacial score (nSPS) is 16.3. The van der Waals surface area contributed by atoms with Crippen LogP contribution in [0.4, 0.5) is 5.69 Å². The number of Topliss-reactive ketones (excluding diaryl/α,β-unsaturated/α-hetero) is 1. The van der Waals surface area contributed by atoms with Crippen molar-refractivity contribution in [2.45, 2.75) is 26.8 Å². The summed E-state index contributed by atoms with van der Waals surface area (Å²) in [5.74, 6) is -1.14. The van der Waals surface area contributed by atoms with Crippen molar-refractivity contribution in [1.82, 2.24) is 0 Å². The number of hydrogen-bond donors (Lipinski definition) is 1. The Morgan fingerprint density at radius 2 is 1.55 bits per heavy atom. The fourth-order valence-electron chi connectivity index (χ4n) is 4.93. The number of nitrogens with zero attached hydrogens (tertiary/aromatic N) is 1. The zero-order valence-electron chi connectivity index (χ0n) is 22.9. The Kier molecular flexibility index (Phi) is 8.51. The third kappa shape index (κ3) is 5.05. The molecule has 210 valence electrons. The summed E-state index contributed by atoms with van der Waals surface area (Å²) in [6.07, 6.45) is 0. The molecule has 1 amide bonds. The molecule has 4 rings (SSSR count). The summed E-state index contributed by atoms with van der Waals surface area (Å²) in [5.41, 5.74) is 2.66. The first kappa shape index (κ1) is 29.1. The van der Waals surface area contributed by atoms with Crippen LogP contribution in [-0.2, 0) is 9.59 Å². The van der Waals surface area contributed by atoms with Gasteiger partial charge in [-0.1, -0.05) is 35.3 Å². The van der Waals surface area contributed by atoms with Gasteiger partial charge in [-0.2, -0.15) is 0 Å². The van der Waals surface area contributed by atoms with Crippen molar-refractivity contribution in [3.8, 4) is 23.0 Å². The van der Waals surface area contributed by atoms with Crippen molar-refractivity contribution in [1.29, 1.82) is 0 Å². The van der Waals surface area contributed by atoms with E-state index in [0.717, 1.165) is 11.1 Å². The van der Waals surface area contributed by atoms with Crippen LogP contribution in [0.25, 0.3) is 5.76 Å². The second-order valence-electron chi connectivity index (χ2n) is 9.14. The highest BCUT2D eigenvalue weighted by atomic mass is 35.5. The number of rotatable bonds is 8. The Bertz CT molecular complexity index is 1510. The minimum atomic E-state index is -1.03. The molecule has 1 aliphatic rings. The molecule has 8 nitrogen and oxygen atoms in total. The van der Waals surface area contributed by atoms with Gasteiger partial charge in [0.1, 0.15) is 10.8 Å². The lowest BCUT2D eigenvalue weighted by Crippen LogP contribution is -2.29.